The Bertz CT molecular complexity index is 252. The Kier molecular flexibility index (Phi) is 3.17. The zero-order valence-corrected chi connectivity index (χ0v) is 8.54. The quantitative estimate of drug-likeness (QED) is 0.744. The number of aromatic nitrogens is 2. The number of nitrogens with two attached hydrogens (primary N) is 1. The topological polar surface area (TPSA) is 57.9 Å². The number of rotatable bonds is 4. The minimum absolute atomic E-state index is 0.542. The molecule has 0 saturated carbocycles. The molecule has 1 aromatic rings. The van der Waals surface area contributed by atoms with E-state index in [1.165, 1.54) is 0 Å². The lowest BCUT2D eigenvalue weighted by Crippen LogP contribution is -2.30. The highest BCUT2D eigenvalue weighted by atomic mass is 15.2. The Hall–Kier alpha value is -1.19. The van der Waals surface area contributed by atoms with Gasteiger partial charge in [0, 0.05) is 13.1 Å². The van der Waals surface area contributed by atoms with Crippen molar-refractivity contribution in [1.82, 2.24) is 10.2 Å². The molecule has 0 saturated heterocycles. The molecule has 0 radical (unpaired) electrons. The van der Waals surface area contributed by atoms with Crippen molar-refractivity contribution in [3.63, 3.8) is 0 Å². The first-order valence-corrected chi connectivity index (χ1v) is 4.72. The van der Waals surface area contributed by atoms with E-state index in [1.54, 1.807) is 6.20 Å². The number of H-pyrrole nitrogens is 1. The van der Waals surface area contributed by atoms with Gasteiger partial charge in [0.2, 0.25) is 0 Å². The molecule has 4 heteroatoms. The van der Waals surface area contributed by atoms with E-state index in [9.17, 15) is 0 Å². The van der Waals surface area contributed by atoms with Crippen LogP contribution in [0.25, 0.3) is 0 Å². The van der Waals surface area contributed by atoms with Crippen molar-refractivity contribution < 1.29 is 0 Å². The van der Waals surface area contributed by atoms with Gasteiger partial charge in [0.05, 0.1) is 11.9 Å². The maximum Gasteiger partial charge on any atom is 0.142 e. The van der Waals surface area contributed by atoms with E-state index in [-0.39, 0.29) is 0 Å². The van der Waals surface area contributed by atoms with E-state index in [4.69, 9.17) is 5.73 Å². The molecule has 0 aromatic carbocycles. The number of nitrogens with one attached hydrogen (secondary N) is 1. The molecular weight excluding hydrogens is 164 g/mol. The van der Waals surface area contributed by atoms with Crippen molar-refractivity contribution in [2.24, 2.45) is 0 Å². The summed E-state index contributed by atoms with van der Waals surface area (Å²) in [6, 6.07) is 0.542. The van der Waals surface area contributed by atoms with E-state index < -0.39 is 0 Å². The molecule has 13 heavy (non-hydrogen) atoms. The Balaban J connectivity index is 2.77. The second-order valence-electron chi connectivity index (χ2n) is 3.25. The fourth-order valence-electron chi connectivity index (χ4n) is 1.60. The standard InChI is InChI=1S/C9H18N4/c1-4-7(5-2)13(3)8-6-11-12-9(8)10/h6-7H,4-5H2,1-3H3,(H3,10,11,12). The van der Waals surface area contributed by atoms with Crippen molar-refractivity contribution in [3.8, 4) is 0 Å². The lowest BCUT2D eigenvalue weighted by atomic mass is 10.1. The summed E-state index contributed by atoms with van der Waals surface area (Å²) in [7, 11) is 2.05. The van der Waals surface area contributed by atoms with E-state index >= 15 is 0 Å². The first-order valence-electron chi connectivity index (χ1n) is 4.72. The van der Waals surface area contributed by atoms with Crippen LogP contribution in [0.5, 0.6) is 0 Å². The molecule has 4 nitrogen and oxygen atoms in total. The van der Waals surface area contributed by atoms with Crippen LogP contribution in [0.2, 0.25) is 0 Å². The van der Waals surface area contributed by atoms with Gasteiger partial charge >= 0.3 is 0 Å². The fraction of sp³-hybridized carbons (Fsp3) is 0.667. The van der Waals surface area contributed by atoms with E-state index in [2.05, 4.69) is 36.0 Å². The molecule has 1 aromatic heterocycles. The molecule has 74 valence electrons. The van der Waals surface area contributed by atoms with Crippen LogP contribution < -0.4 is 10.6 Å². The summed E-state index contributed by atoms with van der Waals surface area (Å²) in [5, 5.41) is 6.64. The maximum atomic E-state index is 5.73. The second-order valence-corrected chi connectivity index (χ2v) is 3.25. The summed E-state index contributed by atoms with van der Waals surface area (Å²) in [6.07, 6.45) is 4.02. The van der Waals surface area contributed by atoms with Crippen LogP contribution in [-0.4, -0.2) is 23.3 Å². The molecule has 1 heterocycles. The van der Waals surface area contributed by atoms with Crippen molar-refractivity contribution >= 4 is 11.5 Å². The third-order valence-corrected chi connectivity index (χ3v) is 2.52. The van der Waals surface area contributed by atoms with Crippen LogP contribution >= 0.6 is 0 Å². The molecule has 0 atom stereocenters. The van der Waals surface area contributed by atoms with Gasteiger partial charge in [-0.2, -0.15) is 5.10 Å². The number of hydrogen-bond acceptors (Lipinski definition) is 3. The van der Waals surface area contributed by atoms with E-state index in [0.717, 1.165) is 18.5 Å². The van der Waals surface area contributed by atoms with Gasteiger partial charge in [-0.05, 0) is 12.8 Å². The average Bonchev–Trinajstić information content (AvgIpc) is 2.53. The first kappa shape index (κ1) is 9.89. The molecule has 0 aliphatic heterocycles. The van der Waals surface area contributed by atoms with Gasteiger partial charge in [-0.3, -0.25) is 5.10 Å². The summed E-state index contributed by atoms with van der Waals surface area (Å²) in [4.78, 5) is 2.18. The molecule has 0 amide bonds. The number of aromatic amines is 1. The van der Waals surface area contributed by atoms with Gasteiger partial charge in [0.1, 0.15) is 5.82 Å². The molecule has 0 fully saturated rings. The Morgan fingerprint density at radius 2 is 2.15 bits per heavy atom. The van der Waals surface area contributed by atoms with Gasteiger partial charge in [-0.15, -0.1) is 0 Å². The molecule has 0 unspecified atom stereocenters. The van der Waals surface area contributed by atoms with Crippen LogP contribution in [0.15, 0.2) is 6.20 Å². The zero-order valence-electron chi connectivity index (χ0n) is 8.54. The third-order valence-electron chi connectivity index (χ3n) is 2.52. The summed E-state index contributed by atoms with van der Waals surface area (Å²) in [5.74, 6) is 0.648. The van der Waals surface area contributed by atoms with Gasteiger partial charge in [0.25, 0.3) is 0 Å². The van der Waals surface area contributed by atoms with Gasteiger partial charge < -0.3 is 10.6 Å². The summed E-state index contributed by atoms with van der Waals surface area (Å²) >= 11 is 0. The highest BCUT2D eigenvalue weighted by molar-refractivity contribution is 5.62. The molecule has 0 bridgehead atoms. The first-order chi connectivity index (χ1) is 6.20. The fourth-order valence-corrected chi connectivity index (χ4v) is 1.60. The molecule has 0 aliphatic rings. The van der Waals surface area contributed by atoms with Crippen LogP contribution in [-0.2, 0) is 0 Å². The zero-order chi connectivity index (χ0) is 9.84. The monoisotopic (exact) mass is 182 g/mol. The highest BCUT2D eigenvalue weighted by Gasteiger charge is 2.14. The Morgan fingerprint density at radius 1 is 1.54 bits per heavy atom. The number of hydrogen-bond donors (Lipinski definition) is 2. The van der Waals surface area contributed by atoms with Crippen molar-refractivity contribution in [2.75, 3.05) is 17.7 Å². The van der Waals surface area contributed by atoms with Crippen molar-refractivity contribution in [3.05, 3.63) is 6.20 Å². The summed E-state index contributed by atoms with van der Waals surface area (Å²) in [5.41, 5.74) is 6.72. The molecule has 3 N–H and O–H groups in total. The highest BCUT2D eigenvalue weighted by Crippen LogP contribution is 2.22. The number of nitrogens with zero attached hydrogens (tertiary/aromatic N) is 2. The van der Waals surface area contributed by atoms with Crippen LogP contribution in [0.1, 0.15) is 26.7 Å². The Labute approximate surface area is 79.1 Å². The van der Waals surface area contributed by atoms with Crippen LogP contribution in [0, 0.1) is 0 Å². The maximum absolute atomic E-state index is 5.73. The predicted octanol–water partition coefficient (Wildman–Crippen LogP) is 1.62. The SMILES string of the molecule is CCC(CC)N(C)c1cn[nH]c1N. The molecule has 1 rings (SSSR count). The second kappa shape index (κ2) is 4.16. The molecule has 0 aliphatic carbocycles. The average molecular weight is 182 g/mol. The number of nitrogen functional groups attached to an aromatic ring is 1. The predicted molar refractivity (Wildman–Crippen MR) is 55.8 cm³/mol. The normalized spacial score (nSPS) is 10.8. The minimum atomic E-state index is 0.542. The van der Waals surface area contributed by atoms with Gasteiger partial charge in [-0.25, -0.2) is 0 Å². The minimum Gasteiger partial charge on any atom is -0.382 e. The van der Waals surface area contributed by atoms with E-state index in [0.29, 0.717) is 11.9 Å². The number of anilines is 2. The van der Waals surface area contributed by atoms with E-state index in [1.807, 2.05) is 0 Å². The van der Waals surface area contributed by atoms with Crippen LogP contribution in [0.4, 0.5) is 11.5 Å². The summed E-state index contributed by atoms with van der Waals surface area (Å²) in [6.45, 7) is 4.36. The third kappa shape index (κ3) is 1.94. The van der Waals surface area contributed by atoms with Crippen molar-refractivity contribution in [1.29, 1.82) is 0 Å². The van der Waals surface area contributed by atoms with Gasteiger partial charge in [0.15, 0.2) is 0 Å². The smallest absolute Gasteiger partial charge is 0.142 e. The van der Waals surface area contributed by atoms with Gasteiger partial charge in [-0.1, -0.05) is 13.8 Å². The summed E-state index contributed by atoms with van der Waals surface area (Å²) < 4.78 is 0. The Morgan fingerprint density at radius 3 is 2.54 bits per heavy atom. The largest absolute Gasteiger partial charge is 0.382 e. The van der Waals surface area contributed by atoms with Crippen molar-refractivity contribution in [2.45, 2.75) is 32.7 Å². The lowest BCUT2D eigenvalue weighted by molar-refractivity contribution is 0.592. The lowest BCUT2D eigenvalue weighted by Gasteiger charge is -2.27. The molecular formula is C9H18N4. The van der Waals surface area contributed by atoms with Crippen LogP contribution in [0.3, 0.4) is 0 Å². The molecule has 0 spiro atoms.